The van der Waals surface area contributed by atoms with Gasteiger partial charge in [0.2, 0.25) is 23.6 Å². The molecule has 5 rings (SSSR count). The van der Waals surface area contributed by atoms with Crippen molar-refractivity contribution in [3.8, 4) is 0 Å². The van der Waals surface area contributed by atoms with E-state index >= 15 is 0 Å². The lowest BCUT2D eigenvalue weighted by molar-refractivity contribution is -0.152. The monoisotopic (exact) mass is 827 g/mol. The Morgan fingerprint density at radius 2 is 1.49 bits per heavy atom. The van der Waals surface area contributed by atoms with E-state index in [1.54, 1.807) is 23.6 Å². The van der Waals surface area contributed by atoms with Crippen molar-refractivity contribution in [3.63, 3.8) is 0 Å². The zero-order valence-electron chi connectivity index (χ0n) is 34.7. The molecule has 3 heterocycles. The minimum absolute atomic E-state index is 0.00224. The minimum Gasteiger partial charge on any atom is -0.464 e. The molecular formula is C42H59F2N7O8. The fourth-order valence-corrected chi connectivity index (χ4v) is 6.96. The molecule has 0 saturated carbocycles. The first-order chi connectivity index (χ1) is 28.2. The molecule has 2 aromatic carbocycles. The fourth-order valence-electron chi connectivity index (χ4n) is 6.96. The molecule has 3 fully saturated rings. The second-order valence-corrected chi connectivity index (χ2v) is 14.8. The lowest BCUT2D eigenvalue weighted by Crippen LogP contribution is -2.57. The van der Waals surface area contributed by atoms with E-state index in [2.05, 4.69) is 28.2 Å². The van der Waals surface area contributed by atoms with Crippen molar-refractivity contribution in [1.29, 1.82) is 0 Å². The Morgan fingerprint density at radius 1 is 0.864 bits per heavy atom. The molecule has 0 bridgehead atoms. The van der Waals surface area contributed by atoms with Crippen LogP contribution in [0, 0.1) is 18.6 Å². The Kier molecular flexibility index (Phi) is 19.9. The van der Waals surface area contributed by atoms with Gasteiger partial charge in [0, 0.05) is 31.9 Å². The summed E-state index contributed by atoms with van der Waals surface area (Å²) >= 11 is 0. The van der Waals surface area contributed by atoms with Gasteiger partial charge in [-0.3, -0.25) is 28.9 Å². The number of benzene rings is 2. The maximum atomic E-state index is 13.4. The number of nitrogens with zero attached hydrogens (tertiary/aromatic N) is 3. The lowest BCUT2D eigenvalue weighted by Gasteiger charge is -2.38. The van der Waals surface area contributed by atoms with E-state index < -0.39 is 35.8 Å². The molecule has 4 unspecified atom stereocenters. The number of hydrogen-bond donors (Lipinski definition) is 4. The van der Waals surface area contributed by atoms with Crippen LogP contribution in [0.4, 0.5) is 19.3 Å². The van der Waals surface area contributed by atoms with Gasteiger partial charge in [0.25, 0.3) is 0 Å². The van der Waals surface area contributed by atoms with Gasteiger partial charge in [-0.1, -0.05) is 19.1 Å². The van der Waals surface area contributed by atoms with Crippen LogP contribution in [-0.4, -0.2) is 128 Å². The summed E-state index contributed by atoms with van der Waals surface area (Å²) in [6.07, 6.45) is 6.79. The highest BCUT2D eigenvalue weighted by atomic mass is 19.1. The largest absolute Gasteiger partial charge is 0.464 e. The number of likely N-dealkylation sites (N-methyl/N-ethyl adjacent to an activating group) is 2. The number of aldehydes is 1. The number of aryl methyl sites for hydroxylation is 2. The van der Waals surface area contributed by atoms with Gasteiger partial charge >= 0.3 is 12.0 Å². The standard InChI is InChI=1S/C23H36N4O6.C12H17N3O2.C7H6F2/c1-16(15-28)24-21(30)17-7-3-4-12-27(17)22(31)18-8-6-13-26(18)20(29)10-14-33-23(32)19-9-5-11-25(19)2;1-3-9-4-6-10(7-5-9)15-12(17)14-8-11(16)13-2;1-5-2-6(8)4-7(9)3-5/h15-19H,3-14H2,1-2H3,(H,24,30);4-7H,3,8H2,1-2H3,(H,13,16)(H2,14,15,17);2-4H,1H3. The van der Waals surface area contributed by atoms with Crippen molar-refractivity contribution in [2.24, 2.45) is 0 Å². The molecule has 3 saturated heterocycles. The summed E-state index contributed by atoms with van der Waals surface area (Å²) in [4.78, 5) is 89.4. The summed E-state index contributed by atoms with van der Waals surface area (Å²) in [7, 11) is 3.41. The van der Waals surface area contributed by atoms with Gasteiger partial charge in [-0.15, -0.1) is 0 Å². The highest BCUT2D eigenvalue weighted by Gasteiger charge is 2.41. The Morgan fingerprint density at radius 3 is 2.08 bits per heavy atom. The summed E-state index contributed by atoms with van der Waals surface area (Å²) in [5.74, 6) is -2.34. The molecule has 15 nitrogen and oxygen atoms in total. The SMILES string of the molecule is CC(C=O)NC(=O)C1CCCCN1C(=O)C1CCCN1C(=O)CCOC(=O)C1CCCN1C.CCc1ccc(NC(=O)NCC(=O)NC)cc1.Cc1cc(F)cc(F)c1. The van der Waals surface area contributed by atoms with Crippen LogP contribution in [0.15, 0.2) is 42.5 Å². The summed E-state index contributed by atoms with van der Waals surface area (Å²) in [6.45, 7) is 7.06. The second-order valence-electron chi connectivity index (χ2n) is 14.8. The molecule has 6 amide bonds. The van der Waals surface area contributed by atoms with Crippen LogP contribution in [0.3, 0.4) is 0 Å². The zero-order chi connectivity index (χ0) is 43.5. The number of piperidine rings is 1. The molecular weight excluding hydrogens is 768 g/mol. The van der Waals surface area contributed by atoms with Gasteiger partial charge in [-0.2, -0.15) is 0 Å². The molecule has 324 valence electrons. The summed E-state index contributed by atoms with van der Waals surface area (Å²) in [5, 5.41) is 10.1. The number of halogens is 2. The number of carbonyl (C=O) groups is 7. The molecule has 59 heavy (non-hydrogen) atoms. The van der Waals surface area contributed by atoms with E-state index in [0.29, 0.717) is 49.9 Å². The fraction of sp³-hybridized carbons (Fsp3) is 0.548. The quantitative estimate of drug-likeness (QED) is 0.184. The van der Waals surface area contributed by atoms with Crippen LogP contribution in [0.5, 0.6) is 0 Å². The Hall–Kier alpha value is -5.45. The van der Waals surface area contributed by atoms with Gasteiger partial charge in [-0.25, -0.2) is 13.6 Å². The van der Waals surface area contributed by atoms with Crippen LogP contribution in [-0.2, 0) is 39.9 Å². The number of urea groups is 1. The number of anilines is 1. The molecule has 4 N–H and O–H groups in total. The third-order valence-electron chi connectivity index (χ3n) is 10.2. The number of rotatable bonds is 12. The van der Waals surface area contributed by atoms with Crippen molar-refractivity contribution in [2.75, 3.05) is 52.2 Å². The number of amides is 6. The molecule has 3 aliphatic heterocycles. The lowest BCUT2D eigenvalue weighted by atomic mass is 9.99. The molecule has 0 radical (unpaired) electrons. The Bertz CT molecular complexity index is 1700. The van der Waals surface area contributed by atoms with Crippen molar-refractivity contribution in [2.45, 2.75) is 103 Å². The number of carbonyl (C=O) groups excluding carboxylic acids is 7. The summed E-state index contributed by atoms with van der Waals surface area (Å²) in [6, 6.07) is 8.50. The van der Waals surface area contributed by atoms with Gasteiger partial charge in [0.1, 0.15) is 42.7 Å². The first kappa shape index (κ1) is 47.9. The van der Waals surface area contributed by atoms with E-state index in [4.69, 9.17) is 4.74 Å². The summed E-state index contributed by atoms with van der Waals surface area (Å²) < 4.78 is 29.7. The predicted octanol–water partition coefficient (Wildman–Crippen LogP) is 3.48. The van der Waals surface area contributed by atoms with Crippen molar-refractivity contribution in [1.82, 2.24) is 30.7 Å². The van der Waals surface area contributed by atoms with E-state index in [0.717, 1.165) is 44.7 Å². The van der Waals surface area contributed by atoms with Gasteiger partial charge in [0.05, 0.1) is 19.0 Å². The van der Waals surface area contributed by atoms with Crippen molar-refractivity contribution >= 4 is 47.6 Å². The maximum absolute atomic E-state index is 13.4. The van der Waals surface area contributed by atoms with Gasteiger partial charge in [0.15, 0.2) is 0 Å². The number of hydrogen-bond acceptors (Lipinski definition) is 9. The molecule has 2 aromatic rings. The van der Waals surface area contributed by atoms with Crippen LogP contribution < -0.4 is 21.3 Å². The van der Waals surface area contributed by atoms with Crippen LogP contribution in [0.1, 0.15) is 76.3 Å². The van der Waals surface area contributed by atoms with Crippen LogP contribution in [0.25, 0.3) is 0 Å². The zero-order valence-corrected chi connectivity index (χ0v) is 34.7. The highest BCUT2D eigenvalue weighted by molar-refractivity contribution is 5.94. The maximum Gasteiger partial charge on any atom is 0.323 e. The normalized spacial score (nSPS) is 19.1. The number of likely N-dealkylation sites (tertiary alicyclic amines) is 3. The van der Waals surface area contributed by atoms with Crippen molar-refractivity contribution < 1.29 is 47.1 Å². The number of esters is 1. The third-order valence-corrected chi connectivity index (χ3v) is 10.2. The molecule has 4 atom stereocenters. The van der Waals surface area contributed by atoms with E-state index in [1.807, 2.05) is 36.2 Å². The smallest absolute Gasteiger partial charge is 0.323 e. The average Bonchev–Trinajstić information content (AvgIpc) is 3.89. The third kappa shape index (κ3) is 15.7. The molecule has 0 aromatic heterocycles. The first-order valence-electron chi connectivity index (χ1n) is 20.2. The Labute approximate surface area is 344 Å². The second kappa shape index (κ2) is 24.5. The van der Waals surface area contributed by atoms with Gasteiger partial charge < -0.3 is 40.6 Å². The highest BCUT2D eigenvalue weighted by Crippen LogP contribution is 2.25. The summed E-state index contributed by atoms with van der Waals surface area (Å²) in [5.41, 5.74) is 2.52. The topological polar surface area (TPSA) is 187 Å². The first-order valence-corrected chi connectivity index (χ1v) is 20.2. The number of nitrogens with one attached hydrogen (secondary N) is 4. The van der Waals surface area contributed by atoms with Crippen molar-refractivity contribution in [3.05, 3.63) is 65.2 Å². The Balaban J connectivity index is 0.000000294. The van der Waals surface area contributed by atoms with Gasteiger partial charge in [-0.05, 0) is 114 Å². The van der Waals surface area contributed by atoms with Crippen LogP contribution >= 0.6 is 0 Å². The molecule has 0 spiro atoms. The van der Waals surface area contributed by atoms with E-state index in [-0.39, 0.29) is 55.2 Å². The average molecular weight is 828 g/mol. The van der Waals surface area contributed by atoms with E-state index in [9.17, 15) is 42.3 Å². The van der Waals surface area contributed by atoms with E-state index in [1.165, 1.54) is 24.7 Å². The number of ether oxygens (including phenoxy) is 1. The molecule has 0 aliphatic carbocycles. The predicted molar refractivity (Wildman–Crippen MR) is 217 cm³/mol. The minimum atomic E-state index is -0.629. The van der Waals surface area contributed by atoms with Crippen LogP contribution in [0.2, 0.25) is 0 Å². The molecule has 3 aliphatic rings. The molecule has 17 heteroatoms.